The summed E-state index contributed by atoms with van der Waals surface area (Å²) >= 11 is 3.32. The van der Waals surface area contributed by atoms with Gasteiger partial charge in [-0.25, -0.2) is 9.78 Å². The molecule has 1 aromatic heterocycles. The maximum Gasteiger partial charge on any atom is 0.333 e. The summed E-state index contributed by atoms with van der Waals surface area (Å²) < 4.78 is 15.6. The van der Waals surface area contributed by atoms with Crippen LogP contribution in [0.5, 0.6) is 0 Å². The molecule has 0 bridgehead atoms. The fraction of sp³-hybridized carbons (Fsp3) is 0.450. The zero-order chi connectivity index (χ0) is 20.7. The Morgan fingerprint density at radius 2 is 2.11 bits per heavy atom. The van der Waals surface area contributed by atoms with E-state index in [1.165, 1.54) is 20.3 Å². The SMILES string of the molecule is C=C(C)C1=N[C@@H](c2nc(C=C[C@H](OC)[C@@H](C)C(=CC(=O)OC)OC)cs2)CS1. The number of hydrogen-bond acceptors (Lipinski definition) is 8. The molecule has 152 valence electrons. The van der Waals surface area contributed by atoms with E-state index in [2.05, 4.69) is 16.3 Å². The van der Waals surface area contributed by atoms with E-state index in [0.29, 0.717) is 5.76 Å². The number of rotatable bonds is 9. The van der Waals surface area contributed by atoms with E-state index in [1.54, 1.807) is 30.2 Å². The average molecular weight is 423 g/mol. The number of aliphatic imine (C=N–C) groups is 1. The molecule has 2 rings (SSSR count). The van der Waals surface area contributed by atoms with Crippen molar-refractivity contribution in [3.05, 3.63) is 46.1 Å². The Morgan fingerprint density at radius 3 is 2.68 bits per heavy atom. The number of nitrogens with zero attached hydrogens (tertiary/aromatic N) is 2. The van der Waals surface area contributed by atoms with Crippen molar-refractivity contribution in [3.8, 4) is 0 Å². The summed E-state index contributed by atoms with van der Waals surface area (Å²) in [5, 5.41) is 4.01. The van der Waals surface area contributed by atoms with Crippen LogP contribution in [0, 0.1) is 5.92 Å². The molecule has 28 heavy (non-hydrogen) atoms. The van der Waals surface area contributed by atoms with Gasteiger partial charge in [-0.15, -0.1) is 23.1 Å². The van der Waals surface area contributed by atoms with E-state index in [4.69, 9.17) is 14.5 Å². The summed E-state index contributed by atoms with van der Waals surface area (Å²) in [6.45, 7) is 7.85. The third-order valence-corrected chi connectivity index (χ3v) is 6.38. The van der Waals surface area contributed by atoms with Crippen molar-refractivity contribution in [2.45, 2.75) is 26.0 Å². The molecule has 0 N–H and O–H groups in total. The second kappa shape index (κ2) is 10.6. The highest BCUT2D eigenvalue weighted by molar-refractivity contribution is 8.14. The molecule has 6 nitrogen and oxygen atoms in total. The monoisotopic (exact) mass is 422 g/mol. The molecule has 8 heteroatoms. The van der Waals surface area contributed by atoms with Crippen LogP contribution in [0.2, 0.25) is 0 Å². The first-order valence-corrected chi connectivity index (χ1v) is 10.6. The van der Waals surface area contributed by atoms with Gasteiger partial charge in [0.25, 0.3) is 0 Å². The first kappa shape index (κ1) is 22.4. The normalized spacial score (nSPS) is 19.4. The van der Waals surface area contributed by atoms with Crippen LogP contribution in [0.3, 0.4) is 0 Å². The largest absolute Gasteiger partial charge is 0.500 e. The topological polar surface area (TPSA) is 70.0 Å². The molecule has 1 aliphatic heterocycles. The number of thioether (sulfide) groups is 1. The van der Waals surface area contributed by atoms with Crippen LogP contribution in [-0.4, -0.2) is 49.2 Å². The van der Waals surface area contributed by atoms with Gasteiger partial charge < -0.3 is 14.2 Å². The van der Waals surface area contributed by atoms with Crippen molar-refractivity contribution < 1.29 is 19.0 Å². The van der Waals surface area contributed by atoms with E-state index < -0.39 is 5.97 Å². The van der Waals surface area contributed by atoms with Gasteiger partial charge in [0.05, 0.1) is 37.1 Å². The van der Waals surface area contributed by atoms with Gasteiger partial charge >= 0.3 is 5.97 Å². The Bertz CT molecular complexity index is 798. The molecule has 0 aliphatic carbocycles. The van der Waals surface area contributed by atoms with Gasteiger partial charge in [-0.1, -0.05) is 19.6 Å². The zero-order valence-electron chi connectivity index (χ0n) is 16.8. The standard InChI is InChI=1S/C20H26N2O4S2/c1-12(2)19-22-15(11-28-19)20-21-14(10-27-20)7-8-16(24-4)13(3)17(25-5)9-18(23)26-6/h7-10,13,15-16H,1,11H2,2-6H3/t13-,15-,16+/m1/s1. The molecular formula is C20H26N2O4S2. The van der Waals surface area contributed by atoms with Crippen molar-refractivity contribution in [2.24, 2.45) is 10.9 Å². The molecule has 0 fully saturated rings. The number of carbonyl (C=O) groups is 1. The van der Waals surface area contributed by atoms with E-state index in [0.717, 1.165) is 27.1 Å². The molecule has 3 atom stereocenters. The molecule has 0 aromatic carbocycles. The second-order valence-corrected chi connectivity index (χ2v) is 8.17. The Kier molecular flexibility index (Phi) is 8.47. The summed E-state index contributed by atoms with van der Waals surface area (Å²) in [6, 6.07) is 0.0871. The van der Waals surface area contributed by atoms with Crippen LogP contribution in [0.1, 0.15) is 30.6 Å². The highest BCUT2D eigenvalue weighted by atomic mass is 32.2. The fourth-order valence-corrected chi connectivity index (χ4v) is 4.55. The van der Waals surface area contributed by atoms with Gasteiger partial charge in [-0.05, 0) is 18.6 Å². The molecule has 0 saturated carbocycles. The number of carbonyl (C=O) groups excluding carboxylic acids is 1. The molecule has 2 heterocycles. The summed E-state index contributed by atoms with van der Waals surface area (Å²) in [5.41, 5.74) is 1.85. The molecule has 1 aliphatic rings. The van der Waals surface area contributed by atoms with Crippen molar-refractivity contribution in [2.75, 3.05) is 27.1 Å². The van der Waals surface area contributed by atoms with Gasteiger partial charge in [0, 0.05) is 24.2 Å². The minimum absolute atomic E-state index is 0.0871. The number of thiazole rings is 1. The minimum Gasteiger partial charge on any atom is -0.500 e. The van der Waals surface area contributed by atoms with E-state index in [1.807, 2.05) is 31.4 Å². The first-order chi connectivity index (χ1) is 13.4. The number of ether oxygens (including phenoxy) is 3. The van der Waals surface area contributed by atoms with Crippen LogP contribution in [0.4, 0.5) is 0 Å². The molecule has 0 amide bonds. The quantitative estimate of drug-likeness (QED) is 0.336. The maximum atomic E-state index is 11.5. The van der Waals surface area contributed by atoms with Crippen molar-refractivity contribution in [1.82, 2.24) is 4.98 Å². The first-order valence-electron chi connectivity index (χ1n) is 8.76. The average Bonchev–Trinajstić information content (AvgIpc) is 3.35. The molecule has 1 aromatic rings. The van der Waals surface area contributed by atoms with E-state index >= 15 is 0 Å². The van der Waals surface area contributed by atoms with Crippen LogP contribution in [-0.2, 0) is 19.0 Å². The lowest BCUT2D eigenvalue weighted by Gasteiger charge is -2.21. The third kappa shape index (κ3) is 5.80. The predicted octanol–water partition coefficient (Wildman–Crippen LogP) is 4.27. The van der Waals surface area contributed by atoms with Crippen molar-refractivity contribution in [3.63, 3.8) is 0 Å². The number of aromatic nitrogens is 1. The number of hydrogen-bond donors (Lipinski definition) is 0. The van der Waals surface area contributed by atoms with Gasteiger partial charge in [0.1, 0.15) is 16.8 Å². The Labute approximate surface area is 174 Å². The van der Waals surface area contributed by atoms with Gasteiger partial charge in [0.2, 0.25) is 0 Å². The van der Waals surface area contributed by atoms with Gasteiger partial charge in [-0.3, -0.25) is 4.99 Å². The van der Waals surface area contributed by atoms with Crippen molar-refractivity contribution >= 4 is 40.2 Å². The zero-order valence-corrected chi connectivity index (χ0v) is 18.4. The summed E-state index contributed by atoms with van der Waals surface area (Å²) in [7, 11) is 4.47. The smallest absolute Gasteiger partial charge is 0.333 e. The highest BCUT2D eigenvalue weighted by Gasteiger charge is 2.23. The Morgan fingerprint density at radius 1 is 1.36 bits per heavy atom. The van der Waals surface area contributed by atoms with Crippen LogP contribution in [0.25, 0.3) is 6.08 Å². The van der Waals surface area contributed by atoms with Gasteiger partial charge in [-0.2, -0.15) is 0 Å². The molecular weight excluding hydrogens is 396 g/mol. The fourth-order valence-electron chi connectivity index (χ4n) is 2.62. The highest BCUT2D eigenvalue weighted by Crippen LogP contribution is 2.34. The van der Waals surface area contributed by atoms with Crippen LogP contribution < -0.4 is 0 Å². The molecule has 0 radical (unpaired) electrons. The summed E-state index contributed by atoms with van der Waals surface area (Å²) in [6.07, 6.45) is 4.89. The van der Waals surface area contributed by atoms with Crippen LogP contribution in [0.15, 0.2) is 40.4 Å². The Hall–Kier alpha value is -1.90. The maximum absolute atomic E-state index is 11.5. The van der Waals surface area contributed by atoms with E-state index in [-0.39, 0.29) is 18.1 Å². The molecule has 0 unspecified atom stereocenters. The second-order valence-electron chi connectivity index (χ2n) is 6.27. The number of esters is 1. The lowest BCUT2D eigenvalue weighted by atomic mass is 10.0. The summed E-state index contributed by atoms with van der Waals surface area (Å²) in [4.78, 5) is 20.9. The molecule has 0 spiro atoms. The number of methoxy groups -OCH3 is 3. The summed E-state index contributed by atoms with van der Waals surface area (Å²) in [5.74, 6) is 0.756. The van der Waals surface area contributed by atoms with Crippen molar-refractivity contribution in [1.29, 1.82) is 0 Å². The molecule has 0 saturated heterocycles. The van der Waals surface area contributed by atoms with E-state index in [9.17, 15) is 4.79 Å². The lowest BCUT2D eigenvalue weighted by Crippen LogP contribution is -2.21. The Balaban J connectivity index is 2.09. The van der Waals surface area contributed by atoms with Gasteiger partial charge in [0.15, 0.2) is 0 Å². The van der Waals surface area contributed by atoms with Crippen LogP contribution >= 0.6 is 23.1 Å². The third-order valence-electron chi connectivity index (χ3n) is 4.21. The predicted molar refractivity (Wildman–Crippen MR) is 116 cm³/mol. The minimum atomic E-state index is -0.462. The lowest BCUT2D eigenvalue weighted by molar-refractivity contribution is -0.135.